The fourth-order valence-corrected chi connectivity index (χ4v) is 1.83. The maximum absolute atomic E-state index is 12.2. The first-order chi connectivity index (χ1) is 9.99. The molecule has 0 fully saturated rings. The van der Waals surface area contributed by atoms with Crippen molar-refractivity contribution in [2.24, 2.45) is 5.84 Å². The molecule has 4 N–H and O–H groups in total. The van der Waals surface area contributed by atoms with E-state index in [-0.39, 0.29) is 11.8 Å². The van der Waals surface area contributed by atoms with Gasteiger partial charge < -0.3 is 15.3 Å². The highest BCUT2D eigenvalue weighted by molar-refractivity contribution is 5.94. The smallest absolute Gasteiger partial charge is 0.251 e. The van der Waals surface area contributed by atoms with Gasteiger partial charge >= 0.3 is 0 Å². The van der Waals surface area contributed by atoms with Gasteiger partial charge in [-0.05, 0) is 25.0 Å². The van der Waals surface area contributed by atoms with Crippen LogP contribution in [0.1, 0.15) is 47.3 Å². The van der Waals surface area contributed by atoms with Crippen LogP contribution >= 0.6 is 0 Å². The summed E-state index contributed by atoms with van der Waals surface area (Å²) in [5.74, 6) is 6.54. The zero-order chi connectivity index (χ0) is 15.4. The van der Waals surface area contributed by atoms with Gasteiger partial charge in [0, 0.05) is 17.3 Å². The highest BCUT2D eigenvalue weighted by Crippen LogP contribution is 2.17. The van der Waals surface area contributed by atoms with Crippen LogP contribution < -0.4 is 16.6 Å². The second kappa shape index (κ2) is 6.36. The molecule has 0 aromatic carbocycles. The molecule has 2 rings (SSSR count). The maximum Gasteiger partial charge on any atom is 0.251 e. The first kappa shape index (κ1) is 15.0. The van der Waals surface area contributed by atoms with Crippen LogP contribution in [0.25, 0.3) is 0 Å². The molecule has 0 saturated carbocycles. The summed E-state index contributed by atoms with van der Waals surface area (Å²) >= 11 is 0. The Labute approximate surface area is 122 Å². The third kappa shape index (κ3) is 3.79. The van der Waals surface area contributed by atoms with Crippen molar-refractivity contribution in [3.05, 3.63) is 40.9 Å². The Morgan fingerprint density at radius 1 is 1.38 bits per heavy atom. The minimum absolute atomic E-state index is 0.197. The van der Waals surface area contributed by atoms with Gasteiger partial charge in [0.2, 0.25) is 0 Å². The number of aryl methyl sites for hydroxylation is 1. The number of rotatable bonds is 5. The van der Waals surface area contributed by atoms with Crippen molar-refractivity contribution in [2.45, 2.75) is 33.2 Å². The molecule has 7 nitrogen and oxygen atoms in total. The van der Waals surface area contributed by atoms with E-state index in [9.17, 15) is 4.79 Å². The largest absolute Gasteiger partial charge is 0.361 e. The number of aromatic nitrogens is 2. The first-order valence-electron chi connectivity index (χ1n) is 6.68. The number of nitrogens with zero attached hydrogens (tertiary/aromatic N) is 2. The number of pyridine rings is 1. The van der Waals surface area contributed by atoms with Crippen LogP contribution in [-0.2, 0) is 6.54 Å². The third-order valence-electron chi connectivity index (χ3n) is 2.95. The highest BCUT2D eigenvalue weighted by Gasteiger charge is 2.12. The van der Waals surface area contributed by atoms with Gasteiger partial charge in [-0.25, -0.2) is 10.8 Å². The Hall–Kier alpha value is -2.41. The Balaban J connectivity index is 2.12. The Morgan fingerprint density at radius 2 is 2.14 bits per heavy atom. The molecule has 0 spiro atoms. The molecule has 0 bridgehead atoms. The van der Waals surface area contributed by atoms with E-state index in [4.69, 9.17) is 10.4 Å². The molecule has 21 heavy (non-hydrogen) atoms. The average molecular weight is 289 g/mol. The van der Waals surface area contributed by atoms with Crippen LogP contribution in [0.4, 0.5) is 5.82 Å². The van der Waals surface area contributed by atoms with Gasteiger partial charge in [0.25, 0.3) is 5.91 Å². The number of hydrogen-bond acceptors (Lipinski definition) is 6. The number of nitrogens with two attached hydrogens (primary N) is 1. The van der Waals surface area contributed by atoms with Crippen LogP contribution in [0.2, 0.25) is 0 Å². The molecule has 2 aromatic rings. The van der Waals surface area contributed by atoms with Gasteiger partial charge in [-0.15, -0.1) is 0 Å². The van der Waals surface area contributed by atoms with E-state index in [0.29, 0.717) is 29.4 Å². The van der Waals surface area contributed by atoms with Crippen molar-refractivity contribution in [2.75, 3.05) is 5.43 Å². The van der Waals surface area contributed by atoms with Gasteiger partial charge in [0.15, 0.2) is 0 Å². The second-order valence-corrected chi connectivity index (χ2v) is 5.08. The molecule has 0 unspecified atom stereocenters. The van der Waals surface area contributed by atoms with Gasteiger partial charge in [0.1, 0.15) is 17.3 Å². The van der Waals surface area contributed by atoms with Crippen molar-refractivity contribution >= 4 is 11.7 Å². The van der Waals surface area contributed by atoms with Crippen molar-refractivity contribution in [1.82, 2.24) is 15.5 Å². The summed E-state index contributed by atoms with van der Waals surface area (Å²) in [5.41, 5.74) is 4.45. The van der Waals surface area contributed by atoms with Crippen molar-refractivity contribution in [3.8, 4) is 0 Å². The Kier molecular flexibility index (Phi) is 4.54. The maximum atomic E-state index is 12.2. The Morgan fingerprint density at radius 3 is 2.71 bits per heavy atom. The predicted molar refractivity (Wildman–Crippen MR) is 78.5 cm³/mol. The number of nitrogens with one attached hydrogen (secondary N) is 2. The van der Waals surface area contributed by atoms with Crippen LogP contribution in [0.15, 0.2) is 22.7 Å². The molecule has 0 aliphatic carbocycles. The average Bonchev–Trinajstić information content (AvgIpc) is 2.89. The molecule has 2 aromatic heterocycles. The minimum atomic E-state index is -0.212. The van der Waals surface area contributed by atoms with Crippen LogP contribution in [0, 0.1) is 6.92 Å². The van der Waals surface area contributed by atoms with Gasteiger partial charge in [0.05, 0.1) is 6.54 Å². The van der Waals surface area contributed by atoms with Crippen LogP contribution in [0.3, 0.4) is 0 Å². The Bertz CT molecular complexity index is 636. The van der Waals surface area contributed by atoms with E-state index >= 15 is 0 Å². The second-order valence-electron chi connectivity index (χ2n) is 5.08. The highest BCUT2D eigenvalue weighted by atomic mass is 16.5. The summed E-state index contributed by atoms with van der Waals surface area (Å²) in [5, 5.41) is 6.61. The van der Waals surface area contributed by atoms with E-state index in [1.165, 1.54) is 0 Å². The van der Waals surface area contributed by atoms with Crippen molar-refractivity contribution in [3.63, 3.8) is 0 Å². The summed E-state index contributed by atoms with van der Waals surface area (Å²) in [4.78, 5) is 16.5. The topological polar surface area (TPSA) is 106 Å². The van der Waals surface area contributed by atoms with Crippen molar-refractivity contribution < 1.29 is 9.32 Å². The summed E-state index contributed by atoms with van der Waals surface area (Å²) in [6.07, 6.45) is 0. The van der Waals surface area contributed by atoms with Crippen molar-refractivity contribution in [1.29, 1.82) is 0 Å². The fraction of sp³-hybridized carbons (Fsp3) is 0.357. The molecule has 0 radical (unpaired) electrons. The quantitative estimate of drug-likeness (QED) is 0.571. The van der Waals surface area contributed by atoms with Crippen LogP contribution in [0.5, 0.6) is 0 Å². The van der Waals surface area contributed by atoms with Crippen LogP contribution in [-0.4, -0.2) is 16.0 Å². The zero-order valence-electron chi connectivity index (χ0n) is 12.3. The molecule has 7 heteroatoms. The van der Waals surface area contributed by atoms with Gasteiger partial charge in [-0.2, -0.15) is 0 Å². The molecule has 0 saturated heterocycles. The number of carbonyl (C=O) groups excluding carboxylic acids is 1. The van der Waals surface area contributed by atoms with Gasteiger partial charge in [-0.3, -0.25) is 4.79 Å². The lowest BCUT2D eigenvalue weighted by Gasteiger charge is -2.10. The monoisotopic (exact) mass is 289 g/mol. The summed E-state index contributed by atoms with van der Waals surface area (Å²) < 4.78 is 4.95. The third-order valence-corrected chi connectivity index (χ3v) is 2.95. The molecular formula is C14H19N5O2. The molecule has 1 amide bonds. The lowest BCUT2D eigenvalue weighted by molar-refractivity contribution is 0.0950. The number of nitrogen functional groups attached to an aromatic ring is 1. The summed E-state index contributed by atoms with van der Waals surface area (Å²) in [7, 11) is 0. The zero-order valence-corrected chi connectivity index (χ0v) is 12.3. The molecule has 0 atom stereocenters. The molecule has 0 aliphatic rings. The molecule has 0 aliphatic heterocycles. The SMILES string of the molecule is Cc1cc(CNC(=O)c2cc(NN)nc(C(C)C)c2)no1. The lowest BCUT2D eigenvalue weighted by atomic mass is 10.1. The van der Waals surface area contributed by atoms with Gasteiger partial charge in [-0.1, -0.05) is 19.0 Å². The normalized spacial score (nSPS) is 10.7. The number of hydrazine groups is 1. The molecule has 112 valence electrons. The molecule has 2 heterocycles. The standard InChI is InChI=1S/C14H19N5O2/c1-8(2)12-5-10(6-13(17-12)18-15)14(20)16-7-11-4-9(3)21-19-11/h4-6,8H,7,15H2,1-3H3,(H,16,20)(H,17,18). The summed E-state index contributed by atoms with van der Waals surface area (Å²) in [6, 6.07) is 5.14. The summed E-state index contributed by atoms with van der Waals surface area (Å²) in [6.45, 7) is 6.11. The van der Waals surface area contributed by atoms with E-state index < -0.39 is 0 Å². The molecular weight excluding hydrogens is 270 g/mol. The number of carbonyl (C=O) groups is 1. The lowest BCUT2D eigenvalue weighted by Crippen LogP contribution is -2.24. The number of hydrogen-bond donors (Lipinski definition) is 3. The van der Waals surface area contributed by atoms with E-state index in [2.05, 4.69) is 20.9 Å². The predicted octanol–water partition coefficient (Wildman–Crippen LogP) is 1.72. The van der Waals surface area contributed by atoms with E-state index in [1.807, 2.05) is 13.8 Å². The van der Waals surface area contributed by atoms with E-state index in [1.54, 1.807) is 25.1 Å². The fourth-order valence-electron chi connectivity index (χ4n) is 1.83. The first-order valence-corrected chi connectivity index (χ1v) is 6.68. The minimum Gasteiger partial charge on any atom is -0.361 e. The van der Waals surface area contributed by atoms with E-state index in [0.717, 1.165) is 5.69 Å². The number of anilines is 1. The number of amides is 1.